The van der Waals surface area contributed by atoms with E-state index in [0.717, 1.165) is 12.8 Å². The van der Waals surface area contributed by atoms with Gasteiger partial charge in [0.15, 0.2) is 0 Å². The Morgan fingerprint density at radius 3 is 2.58 bits per heavy atom. The van der Waals surface area contributed by atoms with E-state index in [4.69, 9.17) is 5.11 Å². The van der Waals surface area contributed by atoms with Gasteiger partial charge in [0, 0.05) is 19.6 Å². The van der Waals surface area contributed by atoms with Crippen LogP contribution in [0.3, 0.4) is 0 Å². The number of piperidine rings is 1. The van der Waals surface area contributed by atoms with Gasteiger partial charge in [-0.3, -0.25) is 4.79 Å². The van der Waals surface area contributed by atoms with E-state index in [9.17, 15) is 13.2 Å². The van der Waals surface area contributed by atoms with Crippen LogP contribution in [0.4, 0.5) is 0 Å². The molecule has 0 aromatic heterocycles. The third-order valence-corrected chi connectivity index (χ3v) is 4.78. The number of sulfonamides is 1. The summed E-state index contributed by atoms with van der Waals surface area (Å²) in [5.41, 5.74) is 0. The number of carboxylic acids is 1. The zero-order valence-corrected chi connectivity index (χ0v) is 12.6. The van der Waals surface area contributed by atoms with E-state index in [1.165, 1.54) is 10.6 Å². The van der Waals surface area contributed by atoms with E-state index < -0.39 is 22.0 Å². The van der Waals surface area contributed by atoms with Crippen molar-refractivity contribution in [3.05, 3.63) is 0 Å². The molecule has 2 unspecified atom stereocenters. The van der Waals surface area contributed by atoms with Crippen LogP contribution in [0.5, 0.6) is 0 Å². The van der Waals surface area contributed by atoms with E-state index in [-0.39, 0.29) is 11.8 Å². The standard InChI is InChI=1S/C12H24N2O4S/c1-9(2)11(12(15)16)13-7-10-5-4-6-14(8-10)19(3,17)18/h9-11,13H,4-8H2,1-3H3,(H,15,16). The quantitative estimate of drug-likeness (QED) is 0.738. The van der Waals surface area contributed by atoms with Crippen molar-refractivity contribution < 1.29 is 18.3 Å². The third kappa shape index (κ3) is 5.08. The average Bonchev–Trinajstić information content (AvgIpc) is 2.27. The summed E-state index contributed by atoms with van der Waals surface area (Å²) in [5, 5.41) is 12.1. The number of nitrogens with one attached hydrogen (secondary N) is 1. The molecule has 0 amide bonds. The fourth-order valence-electron chi connectivity index (χ4n) is 2.40. The molecule has 1 rings (SSSR count). The number of carboxylic acid groups (broad SMARTS) is 1. The van der Waals surface area contributed by atoms with Gasteiger partial charge in [0.1, 0.15) is 6.04 Å². The SMILES string of the molecule is CC(C)C(NCC1CCCN(S(C)(=O)=O)C1)C(=O)O. The molecule has 19 heavy (non-hydrogen) atoms. The second kappa shape index (κ2) is 6.67. The summed E-state index contributed by atoms with van der Waals surface area (Å²) in [5.74, 6) is -0.665. The fourth-order valence-corrected chi connectivity index (χ4v) is 3.34. The van der Waals surface area contributed by atoms with Crippen LogP contribution in [-0.2, 0) is 14.8 Å². The van der Waals surface area contributed by atoms with E-state index in [2.05, 4.69) is 5.32 Å². The lowest BCUT2D eigenvalue weighted by molar-refractivity contribution is -0.140. The lowest BCUT2D eigenvalue weighted by Crippen LogP contribution is -2.47. The van der Waals surface area contributed by atoms with Crippen molar-refractivity contribution in [3.63, 3.8) is 0 Å². The maximum absolute atomic E-state index is 11.5. The van der Waals surface area contributed by atoms with Gasteiger partial charge in [-0.15, -0.1) is 0 Å². The number of carbonyl (C=O) groups is 1. The van der Waals surface area contributed by atoms with Crippen molar-refractivity contribution in [1.82, 2.24) is 9.62 Å². The minimum Gasteiger partial charge on any atom is -0.480 e. The van der Waals surface area contributed by atoms with Gasteiger partial charge in [0.2, 0.25) is 10.0 Å². The number of hydrogen-bond acceptors (Lipinski definition) is 4. The van der Waals surface area contributed by atoms with Crippen molar-refractivity contribution in [2.24, 2.45) is 11.8 Å². The molecular formula is C12H24N2O4S. The summed E-state index contributed by atoms with van der Waals surface area (Å²) in [6.45, 7) is 5.31. The van der Waals surface area contributed by atoms with E-state index in [1.807, 2.05) is 13.8 Å². The molecule has 0 aromatic rings. The predicted octanol–water partition coefficient (Wildman–Crippen LogP) is 0.357. The fraction of sp³-hybridized carbons (Fsp3) is 0.917. The smallest absolute Gasteiger partial charge is 0.320 e. The maximum Gasteiger partial charge on any atom is 0.320 e. The minimum absolute atomic E-state index is 0.00658. The van der Waals surface area contributed by atoms with Crippen LogP contribution in [0.15, 0.2) is 0 Å². The lowest BCUT2D eigenvalue weighted by atomic mass is 9.98. The largest absolute Gasteiger partial charge is 0.480 e. The Morgan fingerprint density at radius 2 is 2.11 bits per heavy atom. The number of aliphatic carboxylic acids is 1. The van der Waals surface area contributed by atoms with Gasteiger partial charge in [0.05, 0.1) is 6.26 Å². The van der Waals surface area contributed by atoms with Crippen LogP contribution >= 0.6 is 0 Å². The highest BCUT2D eigenvalue weighted by molar-refractivity contribution is 7.88. The molecule has 6 nitrogen and oxygen atoms in total. The van der Waals surface area contributed by atoms with Crippen LogP contribution in [0.25, 0.3) is 0 Å². The molecule has 1 aliphatic rings. The van der Waals surface area contributed by atoms with E-state index in [0.29, 0.717) is 19.6 Å². The molecule has 1 aliphatic heterocycles. The van der Waals surface area contributed by atoms with Gasteiger partial charge in [0.25, 0.3) is 0 Å². The molecule has 0 aliphatic carbocycles. The molecule has 0 spiro atoms. The van der Waals surface area contributed by atoms with Crippen LogP contribution in [-0.4, -0.2) is 55.7 Å². The van der Waals surface area contributed by atoms with E-state index in [1.54, 1.807) is 0 Å². The summed E-state index contributed by atoms with van der Waals surface area (Å²) in [6, 6.07) is -0.575. The first kappa shape index (κ1) is 16.4. The zero-order chi connectivity index (χ0) is 14.6. The zero-order valence-electron chi connectivity index (χ0n) is 11.8. The normalized spacial score (nSPS) is 23.5. The highest BCUT2D eigenvalue weighted by Crippen LogP contribution is 2.18. The Labute approximate surface area is 115 Å². The monoisotopic (exact) mass is 292 g/mol. The molecule has 2 N–H and O–H groups in total. The van der Waals surface area contributed by atoms with Gasteiger partial charge >= 0.3 is 5.97 Å². The molecule has 0 radical (unpaired) electrons. The summed E-state index contributed by atoms with van der Waals surface area (Å²) < 4.78 is 24.5. The first-order valence-corrected chi connectivity index (χ1v) is 8.48. The van der Waals surface area contributed by atoms with Crippen LogP contribution in [0, 0.1) is 11.8 Å². The summed E-state index contributed by atoms with van der Waals surface area (Å²) in [4.78, 5) is 11.1. The summed E-state index contributed by atoms with van der Waals surface area (Å²) in [7, 11) is -3.14. The van der Waals surface area contributed by atoms with Crippen molar-refractivity contribution in [1.29, 1.82) is 0 Å². The molecule has 1 heterocycles. The molecule has 112 valence electrons. The number of hydrogen-bond donors (Lipinski definition) is 2. The highest BCUT2D eigenvalue weighted by atomic mass is 32.2. The lowest BCUT2D eigenvalue weighted by Gasteiger charge is -2.32. The van der Waals surface area contributed by atoms with Crippen LogP contribution < -0.4 is 5.32 Å². The van der Waals surface area contributed by atoms with Crippen LogP contribution in [0.1, 0.15) is 26.7 Å². The van der Waals surface area contributed by atoms with Gasteiger partial charge in [-0.2, -0.15) is 0 Å². The first-order valence-electron chi connectivity index (χ1n) is 6.63. The van der Waals surface area contributed by atoms with Crippen molar-refractivity contribution in [2.75, 3.05) is 25.9 Å². The second-order valence-corrected chi connectivity index (χ2v) is 7.58. The van der Waals surface area contributed by atoms with Gasteiger partial charge in [-0.05, 0) is 24.7 Å². The molecule has 1 fully saturated rings. The number of rotatable bonds is 6. The molecule has 2 atom stereocenters. The average molecular weight is 292 g/mol. The van der Waals surface area contributed by atoms with Crippen LogP contribution in [0.2, 0.25) is 0 Å². The van der Waals surface area contributed by atoms with Crippen molar-refractivity contribution in [3.8, 4) is 0 Å². The number of nitrogens with zero attached hydrogens (tertiary/aromatic N) is 1. The predicted molar refractivity (Wildman–Crippen MR) is 73.4 cm³/mol. The van der Waals surface area contributed by atoms with Gasteiger partial charge in [-0.1, -0.05) is 13.8 Å². The molecule has 0 bridgehead atoms. The van der Waals surface area contributed by atoms with Crippen molar-refractivity contribution >= 4 is 16.0 Å². The molecule has 0 aromatic carbocycles. The first-order chi connectivity index (χ1) is 8.71. The molecule has 0 saturated carbocycles. The van der Waals surface area contributed by atoms with Crippen molar-refractivity contribution in [2.45, 2.75) is 32.7 Å². The van der Waals surface area contributed by atoms with E-state index >= 15 is 0 Å². The van der Waals surface area contributed by atoms with Gasteiger partial charge < -0.3 is 10.4 Å². The van der Waals surface area contributed by atoms with Gasteiger partial charge in [-0.25, -0.2) is 12.7 Å². The highest BCUT2D eigenvalue weighted by Gasteiger charge is 2.27. The molecule has 7 heteroatoms. The second-order valence-electron chi connectivity index (χ2n) is 5.60. The Bertz CT molecular complexity index is 408. The third-order valence-electron chi connectivity index (χ3n) is 3.51. The minimum atomic E-state index is -3.14. The maximum atomic E-state index is 11.5. The summed E-state index contributed by atoms with van der Waals surface area (Å²) in [6.07, 6.45) is 2.99. The Kier molecular flexibility index (Phi) is 5.76. The topological polar surface area (TPSA) is 86.7 Å². The summed E-state index contributed by atoms with van der Waals surface area (Å²) >= 11 is 0. The Balaban J connectivity index is 2.51. The Hall–Kier alpha value is -0.660. The Morgan fingerprint density at radius 1 is 1.47 bits per heavy atom. The molecular weight excluding hydrogens is 268 g/mol. The molecule has 1 saturated heterocycles.